The number of aryl methyl sites for hydroxylation is 2. The molecule has 0 fully saturated rings. The minimum Gasteiger partial charge on any atom is -0.350 e. The fourth-order valence-electron chi connectivity index (χ4n) is 2.08. The SMILES string of the molecule is CCCn1cc(Br)cc1C(=O)NCCc1ccn(C)n1. The Morgan fingerprint density at radius 3 is 2.95 bits per heavy atom. The second kappa shape index (κ2) is 6.74. The van der Waals surface area contributed by atoms with E-state index in [1.54, 1.807) is 4.68 Å². The Morgan fingerprint density at radius 1 is 1.50 bits per heavy atom. The Morgan fingerprint density at radius 2 is 2.30 bits per heavy atom. The highest BCUT2D eigenvalue weighted by Crippen LogP contribution is 2.15. The minimum atomic E-state index is -0.0416. The van der Waals surface area contributed by atoms with Crippen LogP contribution in [0.2, 0.25) is 0 Å². The maximum atomic E-state index is 12.2. The Kier molecular flexibility index (Phi) is 5.00. The van der Waals surface area contributed by atoms with E-state index < -0.39 is 0 Å². The van der Waals surface area contributed by atoms with Crippen molar-refractivity contribution >= 4 is 21.8 Å². The number of rotatable bonds is 6. The summed E-state index contributed by atoms with van der Waals surface area (Å²) >= 11 is 3.42. The van der Waals surface area contributed by atoms with Crippen molar-refractivity contribution in [3.05, 3.63) is 40.4 Å². The first-order chi connectivity index (χ1) is 9.60. The van der Waals surface area contributed by atoms with Crippen LogP contribution >= 0.6 is 15.9 Å². The first-order valence-electron chi connectivity index (χ1n) is 6.72. The molecule has 2 rings (SSSR count). The van der Waals surface area contributed by atoms with E-state index in [1.807, 2.05) is 36.1 Å². The van der Waals surface area contributed by atoms with Crippen molar-refractivity contribution in [3.8, 4) is 0 Å². The van der Waals surface area contributed by atoms with Gasteiger partial charge in [-0.25, -0.2) is 0 Å². The van der Waals surface area contributed by atoms with Crippen LogP contribution in [0, 0.1) is 0 Å². The van der Waals surface area contributed by atoms with E-state index in [2.05, 4.69) is 33.3 Å². The molecule has 0 radical (unpaired) electrons. The number of hydrogen-bond acceptors (Lipinski definition) is 2. The molecule has 2 aromatic heterocycles. The van der Waals surface area contributed by atoms with Gasteiger partial charge in [-0.15, -0.1) is 0 Å². The van der Waals surface area contributed by atoms with Gasteiger partial charge in [-0.05, 0) is 34.5 Å². The van der Waals surface area contributed by atoms with Gasteiger partial charge in [0.2, 0.25) is 0 Å². The molecule has 5 nitrogen and oxygen atoms in total. The Balaban J connectivity index is 1.91. The molecule has 1 N–H and O–H groups in total. The summed E-state index contributed by atoms with van der Waals surface area (Å²) in [6.07, 6.45) is 5.58. The molecule has 2 aromatic rings. The van der Waals surface area contributed by atoms with Crippen LogP contribution in [0.25, 0.3) is 0 Å². The Hall–Kier alpha value is -1.56. The van der Waals surface area contributed by atoms with Crippen LogP contribution in [-0.4, -0.2) is 26.8 Å². The summed E-state index contributed by atoms with van der Waals surface area (Å²) in [6.45, 7) is 3.52. The van der Waals surface area contributed by atoms with Gasteiger partial charge in [0.25, 0.3) is 5.91 Å². The highest BCUT2D eigenvalue weighted by molar-refractivity contribution is 9.10. The third kappa shape index (κ3) is 3.72. The molecule has 0 aliphatic rings. The number of nitrogens with zero attached hydrogens (tertiary/aromatic N) is 3. The number of hydrogen-bond donors (Lipinski definition) is 1. The van der Waals surface area contributed by atoms with Gasteiger partial charge in [0.15, 0.2) is 0 Å². The smallest absolute Gasteiger partial charge is 0.267 e. The number of nitrogens with one attached hydrogen (secondary N) is 1. The normalized spacial score (nSPS) is 10.8. The molecular weight excluding hydrogens is 320 g/mol. The van der Waals surface area contributed by atoms with Crippen LogP contribution in [0.3, 0.4) is 0 Å². The maximum Gasteiger partial charge on any atom is 0.267 e. The lowest BCUT2D eigenvalue weighted by molar-refractivity contribution is 0.0944. The molecule has 20 heavy (non-hydrogen) atoms. The van der Waals surface area contributed by atoms with Crippen LogP contribution in [0.5, 0.6) is 0 Å². The molecule has 0 unspecified atom stereocenters. The van der Waals surface area contributed by atoms with Gasteiger partial charge in [-0.3, -0.25) is 9.48 Å². The van der Waals surface area contributed by atoms with E-state index >= 15 is 0 Å². The van der Waals surface area contributed by atoms with E-state index in [-0.39, 0.29) is 5.91 Å². The van der Waals surface area contributed by atoms with E-state index in [9.17, 15) is 4.79 Å². The fourth-order valence-corrected chi connectivity index (χ4v) is 2.55. The molecule has 6 heteroatoms. The molecule has 0 bridgehead atoms. The molecule has 0 aliphatic carbocycles. The summed E-state index contributed by atoms with van der Waals surface area (Å²) in [6, 6.07) is 3.81. The Labute approximate surface area is 127 Å². The van der Waals surface area contributed by atoms with Crippen molar-refractivity contribution in [1.82, 2.24) is 19.7 Å². The molecule has 1 amide bonds. The first kappa shape index (κ1) is 14.8. The van der Waals surface area contributed by atoms with E-state index in [4.69, 9.17) is 0 Å². The lowest BCUT2D eigenvalue weighted by atomic mass is 10.3. The molecule has 0 aliphatic heterocycles. The van der Waals surface area contributed by atoms with Gasteiger partial charge in [0.05, 0.1) is 5.69 Å². The number of amides is 1. The van der Waals surface area contributed by atoms with Gasteiger partial charge in [-0.1, -0.05) is 6.92 Å². The molecule has 0 aromatic carbocycles. The van der Waals surface area contributed by atoms with Crippen molar-refractivity contribution < 1.29 is 4.79 Å². The van der Waals surface area contributed by atoms with Gasteiger partial charge >= 0.3 is 0 Å². The highest BCUT2D eigenvalue weighted by atomic mass is 79.9. The van der Waals surface area contributed by atoms with E-state index in [0.717, 1.165) is 29.6 Å². The summed E-state index contributed by atoms with van der Waals surface area (Å²) in [5, 5.41) is 7.22. The predicted molar refractivity (Wildman–Crippen MR) is 81.7 cm³/mol. The van der Waals surface area contributed by atoms with Crippen molar-refractivity contribution in [2.75, 3.05) is 6.54 Å². The maximum absolute atomic E-state index is 12.2. The van der Waals surface area contributed by atoms with E-state index in [1.165, 1.54) is 0 Å². The topological polar surface area (TPSA) is 51.9 Å². The first-order valence-corrected chi connectivity index (χ1v) is 7.52. The van der Waals surface area contributed by atoms with Crippen molar-refractivity contribution in [2.24, 2.45) is 7.05 Å². The lowest BCUT2D eigenvalue weighted by Crippen LogP contribution is -2.27. The van der Waals surface area contributed by atoms with Crippen molar-refractivity contribution in [2.45, 2.75) is 26.3 Å². The van der Waals surface area contributed by atoms with E-state index in [0.29, 0.717) is 12.2 Å². The van der Waals surface area contributed by atoms with Gasteiger partial charge in [-0.2, -0.15) is 5.10 Å². The number of halogens is 1. The van der Waals surface area contributed by atoms with Gasteiger partial charge < -0.3 is 9.88 Å². The van der Waals surface area contributed by atoms with Crippen LogP contribution < -0.4 is 5.32 Å². The standard InChI is InChI=1S/C14H19BrN4O/c1-3-7-19-10-11(15)9-13(19)14(20)16-6-4-12-5-8-18(2)17-12/h5,8-10H,3-4,6-7H2,1-2H3,(H,16,20). The molecule has 0 saturated carbocycles. The van der Waals surface area contributed by atoms with Crippen LogP contribution in [0.1, 0.15) is 29.5 Å². The second-order valence-corrected chi connectivity index (χ2v) is 5.64. The fraction of sp³-hybridized carbons (Fsp3) is 0.429. The van der Waals surface area contributed by atoms with Crippen LogP contribution in [0.15, 0.2) is 29.0 Å². The summed E-state index contributed by atoms with van der Waals surface area (Å²) in [5.41, 5.74) is 1.68. The summed E-state index contributed by atoms with van der Waals surface area (Å²) in [7, 11) is 1.89. The van der Waals surface area contributed by atoms with Crippen molar-refractivity contribution in [1.29, 1.82) is 0 Å². The number of aromatic nitrogens is 3. The third-order valence-corrected chi connectivity index (χ3v) is 3.43. The summed E-state index contributed by atoms with van der Waals surface area (Å²) < 4.78 is 4.67. The predicted octanol–water partition coefficient (Wildman–Crippen LogP) is 2.37. The zero-order chi connectivity index (χ0) is 14.5. The van der Waals surface area contributed by atoms with Gasteiger partial charge in [0.1, 0.15) is 5.69 Å². The van der Waals surface area contributed by atoms with Crippen molar-refractivity contribution in [3.63, 3.8) is 0 Å². The molecule has 2 heterocycles. The summed E-state index contributed by atoms with van der Waals surface area (Å²) in [4.78, 5) is 12.2. The van der Waals surface area contributed by atoms with Gasteiger partial charge in [0, 0.05) is 43.4 Å². The summed E-state index contributed by atoms with van der Waals surface area (Å²) in [5.74, 6) is -0.0416. The molecular formula is C14H19BrN4O. The quantitative estimate of drug-likeness (QED) is 0.878. The number of carbonyl (C=O) groups is 1. The monoisotopic (exact) mass is 338 g/mol. The molecule has 0 spiro atoms. The van der Waals surface area contributed by atoms with Crippen LogP contribution in [0.4, 0.5) is 0 Å². The molecule has 0 atom stereocenters. The van der Waals surface area contributed by atoms with Crippen LogP contribution in [-0.2, 0) is 20.0 Å². The zero-order valence-electron chi connectivity index (χ0n) is 11.8. The second-order valence-electron chi connectivity index (χ2n) is 4.72. The zero-order valence-corrected chi connectivity index (χ0v) is 13.4. The third-order valence-electron chi connectivity index (χ3n) is 3.00. The molecule has 0 saturated heterocycles. The lowest BCUT2D eigenvalue weighted by Gasteiger charge is -2.08. The average molecular weight is 339 g/mol. The Bertz CT molecular complexity index is 588. The largest absolute Gasteiger partial charge is 0.350 e. The number of carbonyl (C=O) groups excluding carboxylic acids is 1. The highest BCUT2D eigenvalue weighted by Gasteiger charge is 2.12. The average Bonchev–Trinajstić information content (AvgIpc) is 2.96. The molecule has 108 valence electrons. The minimum absolute atomic E-state index is 0.0416.